The van der Waals surface area contributed by atoms with Crippen LogP contribution in [0.4, 0.5) is 5.82 Å². The van der Waals surface area contributed by atoms with Gasteiger partial charge < -0.3 is 10.1 Å². The molecule has 0 saturated carbocycles. The molecule has 3 heterocycles. The summed E-state index contributed by atoms with van der Waals surface area (Å²) in [5.41, 5.74) is 3.16. The molecule has 0 aliphatic heterocycles. The van der Waals surface area contributed by atoms with Crippen LogP contribution in [-0.2, 0) is 18.3 Å². The van der Waals surface area contributed by atoms with Gasteiger partial charge in [0.1, 0.15) is 11.6 Å². The van der Waals surface area contributed by atoms with Gasteiger partial charge in [-0.05, 0) is 17.7 Å². The van der Waals surface area contributed by atoms with Crippen LogP contribution in [-0.4, -0.2) is 37.2 Å². The minimum atomic E-state index is -0.134. The molecule has 0 fully saturated rings. The molecule has 0 aliphatic carbocycles. The van der Waals surface area contributed by atoms with Gasteiger partial charge in [-0.25, -0.2) is 4.98 Å². The van der Waals surface area contributed by atoms with E-state index in [4.69, 9.17) is 4.74 Å². The Morgan fingerprint density at radius 1 is 1.19 bits per heavy atom. The quantitative estimate of drug-likeness (QED) is 0.589. The minimum absolute atomic E-state index is 0.134. The van der Waals surface area contributed by atoms with Gasteiger partial charge >= 0.3 is 0 Å². The van der Waals surface area contributed by atoms with Crippen molar-refractivity contribution >= 4 is 17.4 Å². The van der Waals surface area contributed by atoms with Gasteiger partial charge in [-0.3, -0.25) is 18.9 Å². The molecular weight excluding hydrogens is 344 g/mol. The molecule has 136 valence electrons. The van der Waals surface area contributed by atoms with Crippen molar-refractivity contribution in [2.24, 2.45) is 7.05 Å². The molecule has 1 aromatic carbocycles. The predicted molar refractivity (Wildman–Crippen MR) is 101 cm³/mol. The fourth-order valence-corrected chi connectivity index (χ4v) is 2.84. The van der Waals surface area contributed by atoms with Crippen molar-refractivity contribution in [3.63, 3.8) is 0 Å². The smallest absolute Gasteiger partial charge is 0.229 e. The summed E-state index contributed by atoms with van der Waals surface area (Å²) >= 11 is 0. The molecule has 0 spiro atoms. The lowest BCUT2D eigenvalue weighted by atomic mass is 10.1. The lowest BCUT2D eigenvalue weighted by molar-refractivity contribution is -0.115. The number of nitrogens with zero attached hydrogens (tertiary/aromatic N) is 5. The average molecular weight is 362 g/mol. The second-order valence-corrected chi connectivity index (χ2v) is 6.12. The van der Waals surface area contributed by atoms with E-state index in [0.29, 0.717) is 11.5 Å². The second kappa shape index (κ2) is 6.91. The van der Waals surface area contributed by atoms with Gasteiger partial charge in [0, 0.05) is 25.0 Å². The van der Waals surface area contributed by atoms with Crippen LogP contribution < -0.4 is 10.1 Å². The third-order valence-electron chi connectivity index (χ3n) is 4.16. The molecule has 0 bridgehead atoms. The van der Waals surface area contributed by atoms with Crippen molar-refractivity contribution in [3.05, 3.63) is 60.8 Å². The maximum atomic E-state index is 12.5. The van der Waals surface area contributed by atoms with Crippen LogP contribution in [0.3, 0.4) is 0 Å². The van der Waals surface area contributed by atoms with E-state index < -0.39 is 0 Å². The zero-order chi connectivity index (χ0) is 18.8. The number of imidazole rings is 1. The minimum Gasteiger partial charge on any atom is -0.497 e. The summed E-state index contributed by atoms with van der Waals surface area (Å²) in [7, 11) is 3.45. The fraction of sp³-hybridized carbons (Fsp3) is 0.158. The van der Waals surface area contributed by atoms with Gasteiger partial charge in [-0.15, -0.1) is 0 Å². The largest absolute Gasteiger partial charge is 0.497 e. The number of ether oxygens (including phenoxy) is 1. The number of methoxy groups -OCH3 is 1. The third-order valence-corrected chi connectivity index (χ3v) is 4.16. The van der Waals surface area contributed by atoms with Crippen molar-refractivity contribution in [2.45, 2.75) is 6.42 Å². The van der Waals surface area contributed by atoms with Crippen LogP contribution in [0.5, 0.6) is 5.75 Å². The highest BCUT2D eigenvalue weighted by Gasteiger charge is 2.11. The van der Waals surface area contributed by atoms with E-state index in [-0.39, 0.29) is 12.3 Å². The van der Waals surface area contributed by atoms with Crippen LogP contribution in [0.25, 0.3) is 16.9 Å². The Hall–Kier alpha value is -3.68. The number of anilines is 1. The second-order valence-electron chi connectivity index (χ2n) is 6.12. The summed E-state index contributed by atoms with van der Waals surface area (Å²) in [5.74, 6) is 1.18. The molecule has 1 amide bonds. The number of carbonyl (C=O) groups excluding carboxylic acids is 1. The Morgan fingerprint density at radius 3 is 2.85 bits per heavy atom. The molecule has 3 aromatic heterocycles. The van der Waals surface area contributed by atoms with Gasteiger partial charge in [-0.1, -0.05) is 12.1 Å². The van der Waals surface area contributed by atoms with Gasteiger partial charge in [-0.2, -0.15) is 5.10 Å². The number of benzene rings is 1. The number of aryl methyl sites for hydroxylation is 1. The van der Waals surface area contributed by atoms with Crippen molar-refractivity contribution in [1.29, 1.82) is 0 Å². The molecule has 0 atom stereocenters. The molecule has 0 unspecified atom stereocenters. The Morgan fingerprint density at radius 2 is 2.07 bits per heavy atom. The Balaban J connectivity index is 1.57. The first kappa shape index (κ1) is 16.8. The van der Waals surface area contributed by atoms with E-state index in [0.717, 1.165) is 22.6 Å². The molecule has 0 aliphatic rings. The first-order chi connectivity index (χ1) is 13.1. The predicted octanol–water partition coefficient (Wildman–Crippen LogP) is 2.32. The van der Waals surface area contributed by atoms with Crippen molar-refractivity contribution < 1.29 is 9.53 Å². The number of hydrogen-bond donors (Lipinski definition) is 1. The van der Waals surface area contributed by atoms with Crippen molar-refractivity contribution in [2.75, 3.05) is 12.4 Å². The summed E-state index contributed by atoms with van der Waals surface area (Å²) in [6.45, 7) is 0. The van der Waals surface area contributed by atoms with E-state index in [1.54, 1.807) is 34.8 Å². The van der Waals surface area contributed by atoms with E-state index in [9.17, 15) is 4.79 Å². The summed E-state index contributed by atoms with van der Waals surface area (Å²) in [6.07, 6.45) is 8.98. The monoisotopic (exact) mass is 362 g/mol. The van der Waals surface area contributed by atoms with E-state index >= 15 is 0 Å². The topological polar surface area (TPSA) is 86.3 Å². The zero-order valence-electron chi connectivity index (χ0n) is 15.0. The van der Waals surface area contributed by atoms with Crippen molar-refractivity contribution in [3.8, 4) is 17.0 Å². The van der Waals surface area contributed by atoms with Crippen LogP contribution in [0.15, 0.2) is 55.2 Å². The van der Waals surface area contributed by atoms with Gasteiger partial charge in [0.2, 0.25) is 5.91 Å². The van der Waals surface area contributed by atoms with Crippen LogP contribution >= 0.6 is 0 Å². The lowest BCUT2D eigenvalue weighted by Gasteiger charge is -2.07. The molecular formula is C19H18N6O2. The number of hydrogen-bond acceptors (Lipinski definition) is 5. The highest BCUT2D eigenvalue weighted by Crippen LogP contribution is 2.19. The summed E-state index contributed by atoms with van der Waals surface area (Å²) < 4.78 is 8.72. The first-order valence-electron chi connectivity index (χ1n) is 8.37. The maximum absolute atomic E-state index is 12.5. The molecule has 8 nitrogen and oxygen atoms in total. The number of aromatic nitrogens is 5. The van der Waals surface area contributed by atoms with Gasteiger partial charge in [0.15, 0.2) is 5.65 Å². The molecule has 8 heteroatoms. The van der Waals surface area contributed by atoms with E-state index in [1.165, 1.54) is 0 Å². The highest BCUT2D eigenvalue weighted by atomic mass is 16.5. The standard InChI is InChI=1S/C19H18N6O2/c1-24-11-14(8-22-24)16-12-25-17(9-20-16)21-10-18(25)23-19(26)7-13-4-3-5-15(6-13)27-2/h3-6,8-12H,7H2,1-2H3,(H,23,26). The summed E-state index contributed by atoms with van der Waals surface area (Å²) in [5, 5.41) is 7.07. The van der Waals surface area contributed by atoms with Crippen LogP contribution in [0, 0.1) is 0 Å². The number of rotatable bonds is 5. The molecule has 1 N–H and O–H groups in total. The van der Waals surface area contributed by atoms with Crippen molar-refractivity contribution in [1.82, 2.24) is 24.1 Å². The zero-order valence-corrected chi connectivity index (χ0v) is 15.0. The third kappa shape index (κ3) is 3.50. The van der Waals surface area contributed by atoms with Crippen LogP contribution in [0.2, 0.25) is 0 Å². The highest BCUT2D eigenvalue weighted by molar-refractivity contribution is 5.91. The Labute approximate surface area is 155 Å². The molecule has 4 rings (SSSR count). The molecule has 4 aromatic rings. The normalized spacial score (nSPS) is 10.9. The average Bonchev–Trinajstić information content (AvgIpc) is 3.28. The first-order valence-corrected chi connectivity index (χ1v) is 8.37. The van der Waals surface area contributed by atoms with Crippen LogP contribution in [0.1, 0.15) is 5.56 Å². The molecule has 27 heavy (non-hydrogen) atoms. The number of amides is 1. The fourth-order valence-electron chi connectivity index (χ4n) is 2.84. The number of carbonyl (C=O) groups is 1. The van der Waals surface area contributed by atoms with E-state index in [1.807, 2.05) is 43.7 Å². The number of fused-ring (bicyclic) bond motifs is 1. The molecule has 0 saturated heterocycles. The Kier molecular flexibility index (Phi) is 4.29. The molecule has 0 radical (unpaired) electrons. The Bertz CT molecular complexity index is 1110. The van der Waals surface area contributed by atoms with E-state index in [2.05, 4.69) is 20.4 Å². The SMILES string of the molecule is COc1cccc(CC(=O)Nc2cnc3cnc(-c4cnn(C)c4)cn23)c1. The maximum Gasteiger partial charge on any atom is 0.229 e. The van der Waals surface area contributed by atoms with Gasteiger partial charge in [0.05, 0.1) is 37.8 Å². The number of nitrogens with one attached hydrogen (secondary N) is 1. The lowest BCUT2D eigenvalue weighted by Crippen LogP contribution is -2.15. The van der Waals surface area contributed by atoms with Gasteiger partial charge in [0.25, 0.3) is 0 Å². The summed E-state index contributed by atoms with van der Waals surface area (Å²) in [4.78, 5) is 21.2. The summed E-state index contributed by atoms with van der Waals surface area (Å²) in [6, 6.07) is 7.44.